The fourth-order valence-electron chi connectivity index (χ4n) is 3.10. The van der Waals surface area contributed by atoms with Crippen LogP contribution in [0.4, 0.5) is 0 Å². The van der Waals surface area contributed by atoms with Crippen molar-refractivity contribution in [2.24, 2.45) is 0 Å². The molecular weight excluding hydrogens is 322 g/mol. The molecule has 1 aliphatic rings. The van der Waals surface area contributed by atoms with Crippen molar-refractivity contribution in [3.8, 4) is 0 Å². The van der Waals surface area contributed by atoms with Crippen LogP contribution in [0.5, 0.6) is 0 Å². The number of aromatic nitrogens is 2. The number of hydrogen-bond donors (Lipinski definition) is 2. The average molecular weight is 343 g/mol. The third-order valence-electron chi connectivity index (χ3n) is 4.43. The Balaban J connectivity index is 1.83. The number of benzene rings is 1. The summed E-state index contributed by atoms with van der Waals surface area (Å²) in [5.74, 6) is -0.386. The van der Waals surface area contributed by atoms with Gasteiger partial charge in [-0.1, -0.05) is 6.42 Å². The summed E-state index contributed by atoms with van der Waals surface area (Å²) in [7, 11) is 0. The molecule has 0 fully saturated rings. The molecule has 0 aliphatic carbocycles. The Morgan fingerprint density at radius 1 is 1.24 bits per heavy atom. The van der Waals surface area contributed by atoms with E-state index >= 15 is 0 Å². The predicted octanol–water partition coefficient (Wildman–Crippen LogP) is 1.72. The third-order valence-corrected chi connectivity index (χ3v) is 4.43. The van der Waals surface area contributed by atoms with Gasteiger partial charge in [-0.2, -0.15) is 0 Å². The van der Waals surface area contributed by atoms with Gasteiger partial charge in [0, 0.05) is 31.5 Å². The number of carbonyl (C=O) groups excluding carboxylic acids is 1. The van der Waals surface area contributed by atoms with Gasteiger partial charge in [0.2, 0.25) is 0 Å². The van der Waals surface area contributed by atoms with Crippen LogP contribution in [-0.4, -0.2) is 33.1 Å². The van der Waals surface area contributed by atoms with E-state index in [1.165, 1.54) is 0 Å². The summed E-state index contributed by atoms with van der Waals surface area (Å²) >= 11 is 0. The lowest BCUT2D eigenvalue weighted by atomic mass is 10.1. The van der Waals surface area contributed by atoms with E-state index in [1.54, 1.807) is 22.8 Å². The van der Waals surface area contributed by atoms with Crippen LogP contribution in [0.3, 0.4) is 0 Å². The van der Waals surface area contributed by atoms with Crippen LogP contribution in [-0.2, 0) is 17.8 Å². The van der Waals surface area contributed by atoms with Gasteiger partial charge in [-0.15, -0.1) is 0 Å². The lowest BCUT2D eigenvalue weighted by molar-refractivity contribution is -0.137. The van der Waals surface area contributed by atoms with E-state index in [2.05, 4.69) is 10.3 Å². The van der Waals surface area contributed by atoms with Gasteiger partial charge in [-0.05, 0) is 37.5 Å². The van der Waals surface area contributed by atoms with Crippen LogP contribution >= 0.6 is 0 Å². The van der Waals surface area contributed by atoms with Gasteiger partial charge < -0.3 is 10.4 Å². The van der Waals surface area contributed by atoms with E-state index in [0.29, 0.717) is 36.0 Å². The van der Waals surface area contributed by atoms with E-state index in [9.17, 15) is 14.4 Å². The lowest BCUT2D eigenvalue weighted by Gasteiger charge is -2.11. The highest BCUT2D eigenvalue weighted by Crippen LogP contribution is 2.16. The quantitative estimate of drug-likeness (QED) is 0.805. The number of aryl methyl sites for hydroxylation is 1. The Bertz CT molecular complexity index is 872. The summed E-state index contributed by atoms with van der Waals surface area (Å²) in [5, 5.41) is 11.8. The predicted molar refractivity (Wildman–Crippen MR) is 92.8 cm³/mol. The molecule has 0 bridgehead atoms. The number of nitrogens with one attached hydrogen (secondary N) is 1. The first kappa shape index (κ1) is 17.1. The molecule has 1 aliphatic heterocycles. The maximum Gasteiger partial charge on any atom is 0.303 e. The number of aliphatic carboxylic acids is 1. The zero-order valence-corrected chi connectivity index (χ0v) is 14.0. The fourth-order valence-corrected chi connectivity index (χ4v) is 3.10. The molecule has 0 radical (unpaired) electrons. The first-order chi connectivity index (χ1) is 12.1. The molecule has 0 atom stereocenters. The molecule has 1 amide bonds. The SMILES string of the molecule is O=C(O)CCCNC(=O)c1ccc2c(=O)n3c(nc2c1)CCCCC3. The van der Waals surface area contributed by atoms with Gasteiger partial charge >= 0.3 is 5.97 Å². The van der Waals surface area contributed by atoms with Crippen molar-refractivity contribution in [2.75, 3.05) is 6.54 Å². The molecule has 3 rings (SSSR count). The molecule has 0 unspecified atom stereocenters. The van der Waals surface area contributed by atoms with Crippen molar-refractivity contribution >= 4 is 22.8 Å². The van der Waals surface area contributed by atoms with E-state index < -0.39 is 5.97 Å². The molecule has 7 heteroatoms. The molecule has 132 valence electrons. The normalized spacial score (nSPS) is 13.9. The van der Waals surface area contributed by atoms with Crippen LogP contribution in [0.15, 0.2) is 23.0 Å². The van der Waals surface area contributed by atoms with E-state index in [4.69, 9.17) is 5.11 Å². The zero-order chi connectivity index (χ0) is 17.8. The summed E-state index contributed by atoms with van der Waals surface area (Å²) in [4.78, 5) is 39.9. The van der Waals surface area contributed by atoms with Gasteiger partial charge in [0.1, 0.15) is 5.82 Å². The van der Waals surface area contributed by atoms with Crippen molar-refractivity contribution < 1.29 is 14.7 Å². The second kappa shape index (κ2) is 7.46. The van der Waals surface area contributed by atoms with E-state index in [0.717, 1.165) is 31.5 Å². The minimum Gasteiger partial charge on any atom is -0.481 e. The molecule has 2 heterocycles. The third kappa shape index (κ3) is 3.87. The lowest BCUT2D eigenvalue weighted by Crippen LogP contribution is -2.26. The monoisotopic (exact) mass is 343 g/mol. The maximum atomic E-state index is 12.6. The maximum absolute atomic E-state index is 12.6. The summed E-state index contributed by atoms with van der Waals surface area (Å²) in [5.41, 5.74) is 0.917. The molecule has 0 spiro atoms. The largest absolute Gasteiger partial charge is 0.481 e. The minimum atomic E-state index is -0.884. The van der Waals surface area contributed by atoms with Gasteiger partial charge in [0.15, 0.2) is 0 Å². The standard InChI is InChI=1S/C18H21N3O4/c22-16(23)6-4-9-19-17(24)12-7-8-13-14(11-12)20-15-5-2-1-3-10-21(15)18(13)25/h7-8,11H,1-6,9-10H2,(H,19,24)(H,22,23). The van der Waals surface area contributed by atoms with Gasteiger partial charge in [0.25, 0.3) is 11.5 Å². The molecule has 25 heavy (non-hydrogen) atoms. The van der Waals surface area contributed by atoms with E-state index in [-0.39, 0.29) is 17.9 Å². The van der Waals surface area contributed by atoms with Crippen LogP contribution in [0.2, 0.25) is 0 Å². The van der Waals surface area contributed by atoms with Gasteiger partial charge in [-0.3, -0.25) is 19.0 Å². The molecule has 2 N–H and O–H groups in total. The molecule has 1 aromatic heterocycles. The zero-order valence-electron chi connectivity index (χ0n) is 14.0. The number of fused-ring (bicyclic) bond motifs is 2. The summed E-state index contributed by atoms with van der Waals surface area (Å²) in [6.07, 6.45) is 4.25. The Morgan fingerprint density at radius 2 is 2.08 bits per heavy atom. The van der Waals surface area contributed by atoms with Crippen molar-refractivity contribution in [3.05, 3.63) is 39.9 Å². The Morgan fingerprint density at radius 3 is 2.88 bits per heavy atom. The number of hydrogen-bond acceptors (Lipinski definition) is 4. The summed E-state index contributed by atoms with van der Waals surface area (Å²) < 4.78 is 1.75. The number of nitrogens with zero attached hydrogens (tertiary/aromatic N) is 2. The highest BCUT2D eigenvalue weighted by atomic mass is 16.4. The van der Waals surface area contributed by atoms with Gasteiger partial charge in [-0.25, -0.2) is 4.98 Å². The molecule has 0 saturated carbocycles. The number of carboxylic acid groups (broad SMARTS) is 1. The average Bonchev–Trinajstić information content (AvgIpc) is 2.83. The smallest absolute Gasteiger partial charge is 0.303 e. The Hall–Kier alpha value is -2.70. The summed E-state index contributed by atoms with van der Waals surface area (Å²) in [6, 6.07) is 4.89. The van der Waals surface area contributed by atoms with E-state index in [1.807, 2.05) is 0 Å². The molecule has 7 nitrogen and oxygen atoms in total. The molecule has 2 aromatic rings. The highest BCUT2D eigenvalue weighted by molar-refractivity contribution is 5.97. The second-order valence-electron chi connectivity index (χ2n) is 6.28. The molecular formula is C18H21N3O4. The second-order valence-corrected chi connectivity index (χ2v) is 6.28. The van der Waals surface area contributed by atoms with Gasteiger partial charge in [0.05, 0.1) is 10.9 Å². The van der Waals surface area contributed by atoms with Crippen molar-refractivity contribution in [2.45, 2.75) is 45.1 Å². The number of amides is 1. The Labute approximate surface area is 144 Å². The topological polar surface area (TPSA) is 101 Å². The van der Waals surface area contributed by atoms with Crippen LogP contribution in [0, 0.1) is 0 Å². The first-order valence-electron chi connectivity index (χ1n) is 8.60. The van der Waals surface area contributed by atoms with Crippen molar-refractivity contribution in [1.29, 1.82) is 0 Å². The van der Waals surface area contributed by atoms with Crippen molar-refractivity contribution in [3.63, 3.8) is 0 Å². The number of rotatable bonds is 5. The van der Waals surface area contributed by atoms with Crippen LogP contribution in [0.1, 0.15) is 48.3 Å². The van der Waals surface area contributed by atoms with Crippen molar-refractivity contribution in [1.82, 2.24) is 14.9 Å². The minimum absolute atomic E-state index is 0.0163. The number of carboxylic acids is 1. The Kier molecular flexibility index (Phi) is 5.11. The number of carbonyl (C=O) groups is 2. The molecule has 0 saturated heterocycles. The highest BCUT2D eigenvalue weighted by Gasteiger charge is 2.15. The van der Waals surface area contributed by atoms with Crippen LogP contribution in [0.25, 0.3) is 10.9 Å². The first-order valence-corrected chi connectivity index (χ1v) is 8.60. The molecule has 1 aromatic carbocycles. The van der Waals surface area contributed by atoms with Crippen LogP contribution < -0.4 is 10.9 Å². The fraction of sp³-hybridized carbons (Fsp3) is 0.444. The summed E-state index contributed by atoms with van der Waals surface area (Å²) in [6.45, 7) is 0.992.